The van der Waals surface area contributed by atoms with Gasteiger partial charge in [-0.2, -0.15) is 0 Å². The van der Waals surface area contributed by atoms with Gasteiger partial charge in [-0.25, -0.2) is 4.39 Å². The number of rotatable bonds is 4. The Labute approximate surface area is 130 Å². The molecule has 0 aliphatic heterocycles. The minimum Gasteiger partial charge on any atom is -0.454 e. The lowest BCUT2D eigenvalue weighted by Crippen LogP contribution is -2.18. The summed E-state index contributed by atoms with van der Waals surface area (Å²) in [5.41, 5.74) is 6.66. The first-order valence-electron chi connectivity index (χ1n) is 6.12. The van der Waals surface area contributed by atoms with Gasteiger partial charge in [0, 0.05) is 15.5 Å². The summed E-state index contributed by atoms with van der Waals surface area (Å²) in [5, 5.41) is 0.601. The van der Waals surface area contributed by atoms with Crippen LogP contribution in [0, 0.1) is 5.82 Å². The average Bonchev–Trinajstić information content (AvgIpc) is 2.34. The van der Waals surface area contributed by atoms with Crippen molar-refractivity contribution in [3.8, 4) is 11.5 Å². The first-order chi connectivity index (χ1) is 9.45. The molecular weight excluding hydrogens is 345 g/mol. The van der Waals surface area contributed by atoms with Gasteiger partial charge in [0.05, 0.1) is 0 Å². The maximum atomic E-state index is 13.8. The van der Waals surface area contributed by atoms with E-state index in [9.17, 15) is 4.39 Å². The molecule has 0 fully saturated rings. The predicted octanol–water partition coefficient (Wildman–Crippen LogP) is 4.92. The van der Waals surface area contributed by atoms with Crippen molar-refractivity contribution in [1.82, 2.24) is 0 Å². The van der Waals surface area contributed by atoms with Crippen LogP contribution in [0.4, 0.5) is 4.39 Å². The van der Waals surface area contributed by atoms with Crippen molar-refractivity contribution < 1.29 is 9.13 Å². The summed E-state index contributed by atoms with van der Waals surface area (Å²) in [6, 6.07) is 9.84. The van der Waals surface area contributed by atoms with E-state index in [1.807, 2.05) is 6.92 Å². The smallest absolute Gasteiger partial charge is 0.166 e. The van der Waals surface area contributed by atoms with Crippen molar-refractivity contribution in [1.29, 1.82) is 0 Å². The number of hydrogen-bond acceptors (Lipinski definition) is 2. The Morgan fingerprint density at radius 1 is 1.25 bits per heavy atom. The van der Waals surface area contributed by atoms with E-state index >= 15 is 0 Å². The summed E-state index contributed by atoms with van der Waals surface area (Å²) >= 11 is 9.19. The summed E-state index contributed by atoms with van der Waals surface area (Å²) in [5.74, 6) is 0.301. The van der Waals surface area contributed by atoms with Crippen LogP contribution in [0.1, 0.15) is 12.5 Å². The van der Waals surface area contributed by atoms with Gasteiger partial charge in [0.1, 0.15) is 5.75 Å². The molecule has 0 aliphatic rings. The molecule has 0 amide bonds. The van der Waals surface area contributed by atoms with E-state index in [2.05, 4.69) is 15.9 Å². The molecule has 1 atom stereocenters. The molecule has 0 spiro atoms. The largest absolute Gasteiger partial charge is 0.454 e. The second-order valence-corrected chi connectivity index (χ2v) is 5.96. The van der Waals surface area contributed by atoms with E-state index in [0.29, 0.717) is 21.7 Å². The van der Waals surface area contributed by atoms with Crippen LogP contribution < -0.4 is 10.5 Å². The fraction of sp³-hybridized carbons (Fsp3) is 0.200. The van der Waals surface area contributed by atoms with Crippen LogP contribution >= 0.6 is 27.5 Å². The first kappa shape index (κ1) is 15.3. The highest BCUT2D eigenvalue weighted by molar-refractivity contribution is 9.10. The molecule has 2 N–H and O–H groups in total. The molecule has 0 aromatic heterocycles. The monoisotopic (exact) mass is 357 g/mol. The topological polar surface area (TPSA) is 35.2 Å². The van der Waals surface area contributed by atoms with Crippen LogP contribution in [0.25, 0.3) is 0 Å². The van der Waals surface area contributed by atoms with Crippen molar-refractivity contribution in [3.05, 3.63) is 57.3 Å². The number of ether oxygens (including phenoxy) is 1. The molecule has 1 unspecified atom stereocenters. The second kappa shape index (κ2) is 6.57. The molecule has 5 heteroatoms. The molecule has 0 saturated heterocycles. The van der Waals surface area contributed by atoms with E-state index in [0.717, 1.165) is 5.56 Å². The van der Waals surface area contributed by atoms with Crippen molar-refractivity contribution in [2.45, 2.75) is 19.4 Å². The van der Waals surface area contributed by atoms with Crippen LogP contribution in [-0.4, -0.2) is 6.04 Å². The minimum atomic E-state index is -0.430. The Morgan fingerprint density at radius 2 is 1.95 bits per heavy atom. The van der Waals surface area contributed by atoms with Crippen LogP contribution in [0.2, 0.25) is 5.02 Å². The fourth-order valence-electron chi connectivity index (χ4n) is 1.83. The SMILES string of the molecule is CC(N)Cc1cc(Cl)ccc1Oc1ccc(Br)cc1F. The highest BCUT2D eigenvalue weighted by atomic mass is 79.9. The van der Waals surface area contributed by atoms with Gasteiger partial charge in [-0.15, -0.1) is 0 Å². The molecule has 2 aromatic rings. The molecular formula is C15H14BrClFNO. The zero-order valence-corrected chi connectivity index (χ0v) is 13.2. The van der Waals surface area contributed by atoms with Gasteiger partial charge in [-0.3, -0.25) is 0 Å². The maximum Gasteiger partial charge on any atom is 0.166 e. The van der Waals surface area contributed by atoms with Crippen molar-refractivity contribution >= 4 is 27.5 Å². The quantitative estimate of drug-likeness (QED) is 0.841. The van der Waals surface area contributed by atoms with Crippen LogP contribution in [0.15, 0.2) is 40.9 Å². The second-order valence-electron chi connectivity index (χ2n) is 4.61. The number of nitrogens with two attached hydrogens (primary N) is 1. The fourth-order valence-corrected chi connectivity index (χ4v) is 2.36. The normalized spacial score (nSPS) is 12.2. The zero-order chi connectivity index (χ0) is 14.7. The highest BCUT2D eigenvalue weighted by Gasteiger charge is 2.11. The molecule has 2 aromatic carbocycles. The third-order valence-corrected chi connectivity index (χ3v) is 3.41. The first-order valence-corrected chi connectivity index (χ1v) is 7.29. The predicted molar refractivity (Wildman–Crippen MR) is 83.0 cm³/mol. The van der Waals surface area contributed by atoms with Gasteiger partial charge >= 0.3 is 0 Å². The Morgan fingerprint density at radius 3 is 2.60 bits per heavy atom. The van der Waals surface area contributed by atoms with Crippen LogP contribution in [0.5, 0.6) is 11.5 Å². The van der Waals surface area contributed by atoms with Crippen molar-refractivity contribution in [3.63, 3.8) is 0 Å². The summed E-state index contributed by atoms with van der Waals surface area (Å²) in [6.07, 6.45) is 0.605. The van der Waals surface area contributed by atoms with E-state index in [1.54, 1.807) is 30.3 Å². The molecule has 0 saturated carbocycles. The van der Waals surface area contributed by atoms with Gasteiger partial charge < -0.3 is 10.5 Å². The molecule has 0 aliphatic carbocycles. The zero-order valence-electron chi connectivity index (χ0n) is 10.9. The van der Waals surface area contributed by atoms with Gasteiger partial charge in [0.2, 0.25) is 0 Å². The van der Waals surface area contributed by atoms with Crippen molar-refractivity contribution in [2.75, 3.05) is 0 Å². The van der Waals surface area contributed by atoms with E-state index in [-0.39, 0.29) is 11.8 Å². The molecule has 106 valence electrons. The summed E-state index contributed by atoms with van der Waals surface area (Å²) in [6.45, 7) is 1.89. The Hall–Kier alpha value is -1.10. The molecule has 2 rings (SSSR count). The molecule has 0 bridgehead atoms. The van der Waals surface area contributed by atoms with E-state index in [1.165, 1.54) is 6.07 Å². The third-order valence-electron chi connectivity index (χ3n) is 2.68. The average molecular weight is 359 g/mol. The minimum absolute atomic E-state index is 0.0365. The maximum absolute atomic E-state index is 13.8. The third kappa shape index (κ3) is 3.95. The summed E-state index contributed by atoms with van der Waals surface area (Å²) < 4.78 is 20.1. The van der Waals surface area contributed by atoms with Crippen LogP contribution in [0.3, 0.4) is 0 Å². The number of hydrogen-bond donors (Lipinski definition) is 1. The van der Waals surface area contributed by atoms with Crippen LogP contribution in [-0.2, 0) is 6.42 Å². The number of benzene rings is 2. The van der Waals surface area contributed by atoms with Gasteiger partial charge in [-0.1, -0.05) is 27.5 Å². The molecule has 20 heavy (non-hydrogen) atoms. The Balaban J connectivity index is 2.32. The molecule has 0 heterocycles. The van der Waals surface area contributed by atoms with Crippen molar-refractivity contribution in [2.24, 2.45) is 5.73 Å². The van der Waals surface area contributed by atoms with E-state index < -0.39 is 5.82 Å². The summed E-state index contributed by atoms with van der Waals surface area (Å²) in [4.78, 5) is 0. The lowest BCUT2D eigenvalue weighted by Gasteiger charge is -2.14. The van der Waals surface area contributed by atoms with Gasteiger partial charge in [0.25, 0.3) is 0 Å². The lowest BCUT2D eigenvalue weighted by atomic mass is 10.1. The Kier molecular flexibility index (Phi) is 5.02. The molecule has 2 nitrogen and oxygen atoms in total. The summed E-state index contributed by atoms with van der Waals surface area (Å²) in [7, 11) is 0. The van der Waals surface area contributed by atoms with Gasteiger partial charge in [0.15, 0.2) is 11.6 Å². The number of halogens is 3. The van der Waals surface area contributed by atoms with Gasteiger partial charge in [-0.05, 0) is 55.3 Å². The highest BCUT2D eigenvalue weighted by Crippen LogP contribution is 2.31. The van der Waals surface area contributed by atoms with E-state index in [4.69, 9.17) is 22.1 Å². The standard InChI is InChI=1S/C15H14BrClFNO/c1-9(19)6-10-7-12(17)3-5-14(10)20-15-4-2-11(16)8-13(15)18/h2-5,7-9H,6,19H2,1H3. The molecule has 0 radical (unpaired) electrons. The Bertz CT molecular complexity index is 619. The lowest BCUT2D eigenvalue weighted by molar-refractivity contribution is 0.436.